The van der Waals surface area contributed by atoms with E-state index in [-0.39, 0.29) is 10.6 Å². The minimum absolute atomic E-state index is 0.113. The standard InChI is InChI=1S/C18H16N2O5S2/c19-27(23,24)18-6-2-1-4-16(18)20-26(21,22)13-11-14-7-9-15(10-8-14)17-5-3-12-25-17/h1-13,20H,(H2,19,23,24). The predicted octanol–water partition coefficient (Wildman–Crippen LogP) is 3.01. The van der Waals surface area contributed by atoms with E-state index in [2.05, 4.69) is 4.72 Å². The first-order valence-corrected chi connectivity index (χ1v) is 10.8. The normalized spacial score (nSPS) is 12.3. The second-order valence-electron chi connectivity index (χ2n) is 5.59. The molecule has 0 bridgehead atoms. The van der Waals surface area contributed by atoms with Gasteiger partial charge in [0.2, 0.25) is 10.0 Å². The van der Waals surface area contributed by atoms with Crippen LogP contribution in [0.4, 0.5) is 5.69 Å². The van der Waals surface area contributed by atoms with E-state index in [9.17, 15) is 16.8 Å². The number of para-hydroxylation sites is 1. The quantitative estimate of drug-likeness (QED) is 0.654. The van der Waals surface area contributed by atoms with Gasteiger partial charge in [-0.3, -0.25) is 4.72 Å². The zero-order valence-corrected chi connectivity index (χ0v) is 15.6. The van der Waals surface area contributed by atoms with Gasteiger partial charge in [-0.15, -0.1) is 0 Å². The van der Waals surface area contributed by atoms with Crippen LogP contribution >= 0.6 is 0 Å². The zero-order chi connectivity index (χ0) is 19.5. The number of furan rings is 1. The van der Waals surface area contributed by atoms with Crippen LogP contribution in [-0.2, 0) is 20.0 Å². The molecular formula is C18H16N2O5S2. The van der Waals surface area contributed by atoms with E-state index in [1.165, 1.54) is 30.3 Å². The van der Waals surface area contributed by atoms with Gasteiger partial charge in [0, 0.05) is 5.56 Å². The summed E-state index contributed by atoms with van der Waals surface area (Å²) in [7, 11) is -8.00. The lowest BCUT2D eigenvalue weighted by molar-refractivity contribution is 0.582. The Kier molecular flexibility index (Phi) is 5.17. The molecule has 0 unspecified atom stereocenters. The number of anilines is 1. The number of primary sulfonamides is 1. The van der Waals surface area contributed by atoms with Crippen molar-refractivity contribution in [2.24, 2.45) is 5.14 Å². The van der Waals surface area contributed by atoms with E-state index in [0.29, 0.717) is 11.3 Å². The Balaban J connectivity index is 1.79. The summed E-state index contributed by atoms with van der Waals surface area (Å²) in [5, 5.41) is 6.06. The highest BCUT2D eigenvalue weighted by molar-refractivity contribution is 7.95. The predicted molar refractivity (Wildman–Crippen MR) is 104 cm³/mol. The molecule has 0 atom stereocenters. The van der Waals surface area contributed by atoms with Gasteiger partial charge in [-0.05, 0) is 35.9 Å². The molecule has 1 heterocycles. The van der Waals surface area contributed by atoms with Crippen LogP contribution in [0.25, 0.3) is 17.4 Å². The van der Waals surface area contributed by atoms with Crippen molar-refractivity contribution in [3.05, 3.63) is 77.9 Å². The molecule has 3 aromatic rings. The average molecular weight is 404 g/mol. The molecule has 0 spiro atoms. The van der Waals surface area contributed by atoms with Crippen molar-refractivity contribution in [2.45, 2.75) is 4.90 Å². The van der Waals surface area contributed by atoms with Gasteiger partial charge in [-0.2, -0.15) is 0 Å². The zero-order valence-electron chi connectivity index (χ0n) is 13.9. The van der Waals surface area contributed by atoms with Crippen molar-refractivity contribution < 1.29 is 21.3 Å². The third-order valence-electron chi connectivity index (χ3n) is 3.60. The molecule has 140 valence electrons. The van der Waals surface area contributed by atoms with Crippen molar-refractivity contribution in [2.75, 3.05) is 4.72 Å². The van der Waals surface area contributed by atoms with Crippen molar-refractivity contribution >= 4 is 31.8 Å². The summed E-state index contributed by atoms with van der Waals surface area (Å²) in [5.41, 5.74) is 1.40. The van der Waals surface area contributed by atoms with Crippen LogP contribution in [0.1, 0.15) is 5.56 Å². The third kappa shape index (κ3) is 4.85. The van der Waals surface area contributed by atoms with Gasteiger partial charge in [-0.25, -0.2) is 22.0 Å². The lowest BCUT2D eigenvalue weighted by atomic mass is 10.1. The molecule has 0 fully saturated rings. The first-order chi connectivity index (χ1) is 12.7. The second kappa shape index (κ2) is 7.39. The molecule has 2 aromatic carbocycles. The molecule has 0 aliphatic heterocycles. The van der Waals surface area contributed by atoms with E-state index >= 15 is 0 Å². The molecule has 3 N–H and O–H groups in total. The molecular weight excluding hydrogens is 388 g/mol. The molecule has 0 aliphatic rings. The Bertz CT molecular complexity index is 1160. The number of rotatable bonds is 6. The van der Waals surface area contributed by atoms with Crippen LogP contribution in [0.2, 0.25) is 0 Å². The number of nitrogens with two attached hydrogens (primary N) is 1. The smallest absolute Gasteiger partial charge is 0.255 e. The van der Waals surface area contributed by atoms with Crippen LogP contribution in [0.5, 0.6) is 0 Å². The van der Waals surface area contributed by atoms with Crippen LogP contribution < -0.4 is 9.86 Å². The largest absolute Gasteiger partial charge is 0.464 e. The molecule has 1 aromatic heterocycles. The molecule has 7 nitrogen and oxygen atoms in total. The second-order valence-corrected chi connectivity index (χ2v) is 8.69. The number of benzene rings is 2. The molecule has 0 aliphatic carbocycles. The van der Waals surface area contributed by atoms with Crippen LogP contribution in [0, 0.1) is 0 Å². The summed E-state index contributed by atoms with van der Waals surface area (Å²) in [5.74, 6) is 0.708. The molecule has 0 saturated carbocycles. The summed E-state index contributed by atoms with van der Waals surface area (Å²) < 4.78 is 55.2. The van der Waals surface area contributed by atoms with Gasteiger partial charge in [-0.1, -0.05) is 36.4 Å². The maximum atomic E-state index is 12.3. The number of hydrogen-bond acceptors (Lipinski definition) is 5. The fourth-order valence-corrected chi connectivity index (χ4v) is 4.00. The molecule has 9 heteroatoms. The monoisotopic (exact) mass is 404 g/mol. The highest BCUT2D eigenvalue weighted by atomic mass is 32.2. The van der Waals surface area contributed by atoms with Crippen LogP contribution in [0.15, 0.2) is 81.6 Å². The van der Waals surface area contributed by atoms with Gasteiger partial charge in [0.15, 0.2) is 0 Å². The Hall–Kier alpha value is -2.88. The molecule has 0 saturated heterocycles. The lowest BCUT2D eigenvalue weighted by Crippen LogP contribution is -2.17. The minimum Gasteiger partial charge on any atom is -0.464 e. The fourth-order valence-electron chi connectivity index (χ4n) is 2.36. The van der Waals surface area contributed by atoms with E-state index in [4.69, 9.17) is 9.56 Å². The van der Waals surface area contributed by atoms with Crippen molar-refractivity contribution in [3.63, 3.8) is 0 Å². The number of sulfonamides is 2. The van der Waals surface area contributed by atoms with E-state index in [0.717, 1.165) is 11.0 Å². The van der Waals surface area contributed by atoms with Gasteiger partial charge in [0.1, 0.15) is 10.7 Å². The third-order valence-corrected chi connectivity index (χ3v) is 5.57. The number of nitrogens with one attached hydrogen (secondary N) is 1. The Morgan fingerprint density at radius 1 is 0.889 bits per heavy atom. The minimum atomic E-state index is -4.06. The summed E-state index contributed by atoms with van der Waals surface area (Å²) in [6.07, 6.45) is 2.97. The van der Waals surface area contributed by atoms with Crippen LogP contribution in [0.3, 0.4) is 0 Å². The van der Waals surface area contributed by atoms with E-state index in [1.54, 1.807) is 36.6 Å². The van der Waals surface area contributed by atoms with E-state index < -0.39 is 20.0 Å². The molecule has 0 amide bonds. The Labute approximate surface area is 157 Å². The topological polar surface area (TPSA) is 119 Å². The Morgan fingerprint density at radius 3 is 2.22 bits per heavy atom. The molecule has 27 heavy (non-hydrogen) atoms. The summed E-state index contributed by atoms with van der Waals surface area (Å²) in [6, 6.07) is 16.2. The van der Waals surface area contributed by atoms with Gasteiger partial charge < -0.3 is 4.42 Å². The lowest BCUT2D eigenvalue weighted by Gasteiger charge is -2.08. The molecule has 0 radical (unpaired) electrons. The Morgan fingerprint density at radius 2 is 1.59 bits per heavy atom. The van der Waals surface area contributed by atoms with Crippen LogP contribution in [-0.4, -0.2) is 16.8 Å². The summed E-state index contributed by atoms with van der Waals surface area (Å²) >= 11 is 0. The van der Waals surface area contributed by atoms with Crippen molar-refractivity contribution in [1.29, 1.82) is 0 Å². The van der Waals surface area contributed by atoms with Crippen molar-refractivity contribution in [1.82, 2.24) is 0 Å². The highest BCUT2D eigenvalue weighted by Crippen LogP contribution is 2.22. The maximum Gasteiger partial charge on any atom is 0.255 e. The first kappa shape index (κ1) is 18.9. The van der Waals surface area contributed by atoms with Crippen molar-refractivity contribution in [3.8, 4) is 11.3 Å². The van der Waals surface area contributed by atoms with Gasteiger partial charge in [0.25, 0.3) is 10.0 Å². The summed E-state index contributed by atoms with van der Waals surface area (Å²) in [4.78, 5) is -0.301. The molecule has 3 rings (SSSR count). The fraction of sp³-hybridized carbons (Fsp3) is 0. The summed E-state index contributed by atoms with van der Waals surface area (Å²) in [6.45, 7) is 0. The maximum absolute atomic E-state index is 12.3. The number of hydrogen-bond donors (Lipinski definition) is 2. The van der Waals surface area contributed by atoms with Gasteiger partial charge >= 0.3 is 0 Å². The highest BCUT2D eigenvalue weighted by Gasteiger charge is 2.16. The van der Waals surface area contributed by atoms with E-state index in [1.807, 2.05) is 6.07 Å². The average Bonchev–Trinajstić information content (AvgIpc) is 3.14. The van der Waals surface area contributed by atoms with Gasteiger partial charge in [0.05, 0.1) is 17.4 Å². The SMILES string of the molecule is NS(=O)(=O)c1ccccc1NS(=O)(=O)C=Cc1ccc(-c2ccco2)cc1. The first-order valence-electron chi connectivity index (χ1n) is 7.71.